The number of amides is 2. The van der Waals surface area contributed by atoms with Crippen LogP contribution in [0.25, 0.3) is 0 Å². The summed E-state index contributed by atoms with van der Waals surface area (Å²) in [5.74, 6) is 0.446. The van der Waals surface area contributed by atoms with E-state index in [1.807, 2.05) is 12.3 Å². The molecule has 3 rings (SSSR count). The SMILES string of the molecule is C[C@@H](NC(=O)NCc1cscn1)c1ccc(OCC2CC2)c(F)c1. The molecule has 128 valence electrons. The number of carbonyl (C=O) groups excluding carboxylic acids is 1. The molecule has 0 bridgehead atoms. The molecular formula is C17H20FN3O2S. The van der Waals surface area contributed by atoms with Gasteiger partial charge >= 0.3 is 6.03 Å². The van der Waals surface area contributed by atoms with Crippen LogP contribution in [-0.2, 0) is 6.54 Å². The van der Waals surface area contributed by atoms with E-state index in [9.17, 15) is 9.18 Å². The number of benzene rings is 1. The Morgan fingerprint density at radius 2 is 2.33 bits per heavy atom. The molecular weight excluding hydrogens is 329 g/mol. The minimum absolute atomic E-state index is 0.269. The molecule has 0 spiro atoms. The van der Waals surface area contributed by atoms with Crippen LogP contribution < -0.4 is 15.4 Å². The minimum atomic E-state index is -0.398. The summed E-state index contributed by atoms with van der Waals surface area (Å²) in [6, 6.07) is 4.18. The maximum atomic E-state index is 14.1. The van der Waals surface area contributed by atoms with E-state index in [4.69, 9.17) is 4.74 Å². The molecule has 2 N–H and O–H groups in total. The fraction of sp³-hybridized carbons (Fsp3) is 0.412. The third-order valence-corrected chi connectivity index (χ3v) is 4.52. The van der Waals surface area contributed by atoms with E-state index < -0.39 is 5.82 Å². The number of urea groups is 1. The van der Waals surface area contributed by atoms with Crippen LogP contribution in [0, 0.1) is 11.7 Å². The summed E-state index contributed by atoms with van der Waals surface area (Å²) < 4.78 is 19.6. The molecule has 1 fully saturated rings. The third kappa shape index (κ3) is 4.67. The zero-order chi connectivity index (χ0) is 16.9. The first kappa shape index (κ1) is 16.7. The molecule has 24 heavy (non-hydrogen) atoms. The molecule has 0 saturated heterocycles. The fourth-order valence-corrected chi connectivity index (χ4v) is 2.78. The van der Waals surface area contributed by atoms with Crippen molar-refractivity contribution in [2.75, 3.05) is 6.61 Å². The van der Waals surface area contributed by atoms with Crippen LogP contribution in [-0.4, -0.2) is 17.6 Å². The van der Waals surface area contributed by atoms with Crippen LogP contribution in [0.1, 0.15) is 37.1 Å². The molecule has 1 aromatic heterocycles. The number of rotatable bonds is 7. The summed E-state index contributed by atoms with van der Waals surface area (Å²) in [5.41, 5.74) is 3.22. The van der Waals surface area contributed by atoms with Crippen molar-refractivity contribution in [1.82, 2.24) is 15.6 Å². The van der Waals surface area contributed by atoms with Gasteiger partial charge in [-0.15, -0.1) is 11.3 Å². The van der Waals surface area contributed by atoms with E-state index in [2.05, 4.69) is 15.6 Å². The van der Waals surface area contributed by atoms with E-state index >= 15 is 0 Å². The quantitative estimate of drug-likeness (QED) is 0.802. The number of carbonyl (C=O) groups is 1. The second-order valence-electron chi connectivity index (χ2n) is 5.97. The highest BCUT2D eigenvalue weighted by Crippen LogP contribution is 2.30. The molecule has 1 saturated carbocycles. The first-order valence-corrected chi connectivity index (χ1v) is 8.90. The molecule has 0 unspecified atom stereocenters. The molecule has 0 aliphatic heterocycles. The van der Waals surface area contributed by atoms with Crippen molar-refractivity contribution >= 4 is 17.4 Å². The van der Waals surface area contributed by atoms with Crippen LogP contribution >= 0.6 is 11.3 Å². The zero-order valence-electron chi connectivity index (χ0n) is 13.4. The smallest absolute Gasteiger partial charge is 0.315 e. The standard InChI is InChI=1S/C17H20FN3O2S/c1-11(21-17(22)19-7-14-9-24-10-20-14)13-4-5-16(15(18)6-13)23-8-12-2-3-12/h4-6,9-12H,2-3,7-8H2,1H3,(H2,19,21,22)/t11-/m1/s1. The topological polar surface area (TPSA) is 63.2 Å². The molecule has 1 heterocycles. The maximum absolute atomic E-state index is 14.1. The Morgan fingerprint density at radius 3 is 3.00 bits per heavy atom. The normalized spacial score (nSPS) is 14.9. The highest BCUT2D eigenvalue weighted by molar-refractivity contribution is 7.07. The first-order valence-electron chi connectivity index (χ1n) is 7.95. The summed E-state index contributed by atoms with van der Waals surface area (Å²) in [6.45, 7) is 2.75. The third-order valence-electron chi connectivity index (χ3n) is 3.89. The van der Waals surface area contributed by atoms with E-state index in [1.165, 1.54) is 17.4 Å². The number of nitrogens with zero attached hydrogens (tertiary/aromatic N) is 1. The Balaban J connectivity index is 1.50. The average molecular weight is 349 g/mol. The van der Waals surface area contributed by atoms with Crippen molar-refractivity contribution in [3.05, 3.63) is 46.2 Å². The van der Waals surface area contributed by atoms with Crippen LogP contribution in [0.4, 0.5) is 9.18 Å². The van der Waals surface area contributed by atoms with Gasteiger partial charge in [-0.3, -0.25) is 0 Å². The zero-order valence-corrected chi connectivity index (χ0v) is 14.2. The predicted octanol–water partition coefficient (Wildman–Crippen LogP) is 3.63. The van der Waals surface area contributed by atoms with Crippen molar-refractivity contribution < 1.29 is 13.9 Å². The van der Waals surface area contributed by atoms with Crippen molar-refractivity contribution in [1.29, 1.82) is 0 Å². The summed E-state index contributed by atoms with van der Waals surface area (Å²) in [6.07, 6.45) is 2.33. The Labute approximate surface area is 144 Å². The van der Waals surface area contributed by atoms with Gasteiger partial charge in [0.15, 0.2) is 11.6 Å². The molecule has 5 nitrogen and oxygen atoms in total. The highest BCUT2D eigenvalue weighted by Gasteiger charge is 2.22. The molecule has 1 atom stereocenters. The molecule has 0 radical (unpaired) electrons. The van der Waals surface area contributed by atoms with Crippen LogP contribution in [0.2, 0.25) is 0 Å². The predicted molar refractivity (Wildman–Crippen MR) is 90.5 cm³/mol. The second kappa shape index (κ2) is 7.61. The van der Waals surface area contributed by atoms with Gasteiger partial charge in [-0.1, -0.05) is 6.07 Å². The molecule has 1 aliphatic carbocycles. The van der Waals surface area contributed by atoms with Gasteiger partial charge < -0.3 is 15.4 Å². The number of aromatic nitrogens is 1. The Morgan fingerprint density at radius 1 is 1.50 bits per heavy atom. The van der Waals surface area contributed by atoms with Crippen LogP contribution in [0.15, 0.2) is 29.1 Å². The van der Waals surface area contributed by atoms with Gasteiger partial charge in [-0.2, -0.15) is 0 Å². The van der Waals surface area contributed by atoms with Crippen LogP contribution in [0.5, 0.6) is 5.75 Å². The van der Waals surface area contributed by atoms with Crippen molar-refractivity contribution in [3.63, 3.8) is 0 Å². The van der Waals surface area contributed by atoms with Crippen molar-refractivity contribution in [2.24, 2.45) is 5.92 Å². The fourth-order valence-electron chi connectivity index (χ4n) is 2.22. The number of halogens is 1. The van der Waals surface area contributed by atoms with Gasteiger partial charge in [0.1, 0.15) is 0 Å². The Kier molecular flexibility index (Phi) is 5.30. The maximum Gasteiger partial charge on any atom is 0.315 e. The number of hydrogen-bond acceptors (Lipinski definition) is 4. The van der Waals surface area contributed by atoms with E-state index in [1.54, 1.807) is 17.6 Å². The largest absolute Gasteiger partial charge is 0.490 e. The van der Waals surface area contributed by atoms with E-state index in [0.717, 1.165) is 18.5 Å². The first-order chi connectivity index (χ1) is 11.6. The van der Waals surface area contributed by atoms with Gasteiger partial charge in [-0.25, -0.2) is 14.2 Å². The van der Waals surface area contributed by atoms with E-state index in [-0.39, 0.29) is 17.8 Å². The highest BCUT2D eigenvalue weighted by atomic mass is 32.1. The minimum Gasteiger partial charge on any atom is -0.490 e. The lowest BCUT2D eigenvalue weighted by Gasteiger charge is -2.16. The average Bonchev–Trinajstić information content (AvgIpc) is 3.24. The number of ether oxygens (including phenoxy) is 1. The second-order valence-corrected chi connectivity index (χ2v) is 6.69. The molecule has 7 heteroatoms. The number of hydrogen-bond donors (Lipinski definition) is 2. The molecule has 1 aromatic carbocycles. The number of nitrogens with one attached hydrogen (secondary N) is 2. The number of thiazole rings is 1. The lowest BCUT2D eigenvalue weighted by atomic mass is 10.1. The lowest BCUT2D eigenvalue weighted by molar-refractivity contribution is 0.237. The van der Waals surface area contributed by atoms with Gasteiger partial charge in [0, 0.05) is 5.38 Å². The molecule has 2 aromatic rings. The molecule has 1 aliphatic rings. The lowest BCUT2D eigenvalue weighted by Crippen LogP contribution is -2.36. The van der Waals surface area contributed by atoms with Gasteiger partial charge in [0.2, 0.25) is 0 Å². The Bertz CT molecular complexity index is 689. The van der Waals surface area contributed by atoms with Gasteiger partial charge in [0.25, 0.3) is 0 Å². The van der Waals surface area contributed by atoms with Gasteiger partial charge in [-0.05, 0) is 43.4 Å². The molecule has 2 amide bonds. The summed E-state index contributed by atoms with van der Waals surface area (Å²) in [5, 5.41) is 7.39. The van der Waals surface area contributed by atoms with Crippen LogP contribution in [0.3, 0.4) is 0 Å². The Hall–Kier alpha value is -2.15. The van der Waals surface area contributed by atoms with Gasteiger partial charge in [0.05, 0.1) is 30.4 Å². The van der Waals surface area contributed by atoms with E-state index in [0.29, 0.717) is 24.6 Å². The summed E-state index contributed by atoms with van der Waals surface area (Å²) in [7, 11) is 0. The van der Waals surface area contributed by atoms with Crippen molar-refractivity contribution in [2.45, 2.75) is 32.4 Å². The van der Waals surface area contributed by atoms with Crippen molar-refractivity contribution in [3.8, 4) is 5.75 Å². The summed E-state index contributed by atoms with van der Waals surface area (Å²) in [4.78, 5) is 16.0. The summed E-state index contributed by atoms with van der Waals surface area (Å²) >= 11 is 1.48. The monoisotopic (exact) mass is 349 g/mol.